The van der Waals surface area contributed by atoms with E-state index in [1.807, 2.05) is 36.1 Å². The van der Waals surface area contributed by atoms with Crippen molar-refractivity contribution in [2.24, 2.45) is 0 Å². The lowest BCUT2D eigenvalue weighted by Crippen LogP contribution is -2.52. The van der Waals surface area contributed by atoms with Gasteiger partial charge in [0.1, 0.15) is 5.75 Å². The third-order valence-electron chi connectivity index (χ3n) is 5.91. The molecule has 0 N–H and O–H groups in total. The van der Waals surface area contributed by atoms with Crippen LogP contribution in [0.4, 0.5) is 5.69 Å². The molecule has 1 atom stereocenters. The monoisotopic (exact) mass is 409 g/mol. The summed E-state index contributed by atoms with van der Waals surface area (Å²) in [7, 11) is 1.66. The van der Waals surface area contributed by atoms with Crippen molar-refractivity contribution < 1.29 is 9.53 Å². The van der Waals surface area contributed by atoms with E-state index in [1.165, 1.54) is 5.56 Å². The Hall–Kier alpha value is -2.37. The minimum atomic E-state index is 0.127. The summed E-state index contributed by atoms with van der Waals surface area (Å²) in [6.07, 6.45) is 1.61. The summed E-state index contributed by atoms with van der Waals surface area (Å²) in [6.45, 7) is 10.4. The first kappa shape index (κ1) is 22.3. The van der Waals surface area contributed by atoms with Crippen LogP contribution >= 0.6 is 0 Å². The molecule has 0 saturated carbocycles. The molecule has 1 aliphatic rings. The summed E-state index contributed by atoms with van der Waals surface area (Å²) in [5.74, 6) is 0.969. The lowest BCUT2D eigenvalue weighted by Gasteiger charge is -2.38. The smallest absolute Gasteiger partial charge is 0.226 e. The molecule has 0 bridgehead atoms. The number of benzene rings is 2. The Kier molecular flexibility index (Phi) is 8.29. The summed E-state index contributed by atoms with van der Waals surface area (Å²) < 4.78 is 5.26. The largest absolute Gasteiger partial charge is 0.497 e. The van der Waals surface area contributed by atoms with Crippen LogP contribution in [0.15, 0.2) is 54.6 Å². The van der Waals surface area contributed by atoms with Crippen LogP contribution in [0.2, 0.25) is 0 Å². The van der Waals surface area contributed by atoms with Gasteiger partial charge in [0.25, 0.3) is 0 Å². The first-order valence-corrected chi connectivity index (χ1v) is 11.1. The number of amides is 1. The fourth-order valence-corrected chi connectivity index (χ4v) is 4.14. The van der Waals surface area contributed by atoms with Crippen molar-refractivity contribution in [3.05, 3.63) is 60.2 Å². The molecule has 1 unspecified atom stereocenters. The quantitative estimate of drug-likeness (QED) is 0.633. The minimum absolute atomic E-state index is 0.127. The molecule has 3 rings (SSSR count). The van der Waals surface area contributed by atoms with Crippen molar-refractivity contribution in [3.63, 3.8) is 0 Å². The van der Waals surface area contributed by atoms with Crippen LogP contribution in [0.3, 0.4) is 0 Å². The third kappa shape index (κ3) is 6.07. The van der Waals surface area contributed by atoms with E-state index in [4.69, 9.17) is 4.74 Å². The highest BCUT2D eigenvalue weighted by molar-refractivity contribution is 5.93. The van der Waals surface area contributed by atoms with Gasteiger partial charge in [0.05, 0.1) is 7.11 Å². The lowest BCUT2D eigenvalue weighted by atomic mass is 10.1. The molecule has 0 radical (unpaired) electrons. The van der Waals surface area contributed by atoms with Crippen molar-refractivity contribution in [2.75, 3.05) is 51.3 Å². The lowest BCUT2D eigenvalue weighted by molar-refractivity contribution is -0.118. The number of anilines is 1. The highest BCUT2D eigenvalue weighted by atomic mass is 16.5. The van der Waals surface area contributed by atoms with E-state index in [1.54, 1.807) is 7.11 Å². The third-order valence-corrected chi connectivity index (χ3v) is 5.91. The maximum atomic E-state index is 12.7. The Morgan fingerprint density at radius 2 is 1.63 bits per heavy atom. The van der Waals surface area contributed by atoms with Gasteiger partial charge in [-0.15, -0.1) is 0 Å². The Morgan fingerprint density at radius 3 is 2.23 bits per heavy atom. The molecule has 0 aromatic heterocycles. The molecule has 1 heterocycles. The zero-order valence-corrected chi connectivity index (χ0v) is 18.6. The Labute approximate surface area is 181 Å². The van der Waals surface area contributed by atoms with Gasteiger partial charge in [-0.25, -0.2) is 0 Å². The molecule has 2 aromatic rings. The van der Waals surface area contributed by atoms with Crippen molar-refractivity contribution in [2.45, 2.75) is 32.7 Å². The maximum absolute atomic E-state index is 12.7. The average Bonchev–Trinajstić information content (AvgIpc) is 2.79. The molecular formula is C25H35N3O2. The molecule has 162 valence electrons. The van der Waals surface area contributed by atoms with Crippen LogP contribution in [-0.4, -0.2) is 68.1 Å². The summed E-state index contributed by atoms with van der Waals surface area (Å²) in [6, 6.07) is 18.6. The van der Waals surface area contributed by atoms with Gasteiger partial charge in [-0.1, -0.05) is 37.3 Å². The molecule has 5 heteroatoms. The van der Waals surface area contributed by atoms with Gasteiger partial charge in [0, 0.05) is 57.4 Å². The van der Waals surface area contributed by atoms with E-state index in [2.05, 4.69) is 47.1 Å². The summed E-state index contributed by atoms with van der Waals surface area (Å²) in [5.41, 5.74) is 2.35. The average molecular weight is 410 g/mol. The summed E-state index contributed by atoms with van der Waals surface area (Å²) in [5, 5.41) is 0. The van der Waals surface area contributed by atoms with Crippen molar-refractivity contribution in [1.82, 2.24) is 9.80 Å². The number of methoxy groups -OCH3 is 1. The number of rotatable bonds is 9. The zero-order valence-electron chi connectivity index (χ0n) is 18.6. The Balaban J connectivity index is 1.52. The SMILES string of the molecule is CCC(=O)N(c1ccc(OC)cc1)C(C)CN1CCN(CCc2ccccc2)CC1. The molecule has 1 saturated heterocycles. The first-order valence-electron chi connectivity index (χ1n) is 11.1. The second-order valence-corrected chi connectivity index (χ2v) is 8.04. The fourth-order valence-electron chi connectivity index (χ4n) is 4.14. The number of hydrogen-bond donors (Lipinski definition) is 0. The predicted octanol–water partition coefficient (Wildman–Crippen LogP) is 3.69. The van der Waals surface area contributed by atoms with Crippen LogP contribution in [0.25, 0.3) is 0 Å². The van der Waals surface area contributed by atoms with Gasteiger partial charge >= 0.3 is 0 Å². The second-order valence-electron chi connectivity index (χ2n) is 8.04. The van der Waals surface area contributed by atoms with Crippen molar-refractivity contribution in [1.29, 1.82) is 0 Å². The number of ether oxygens (including phenoxy) is 1. The topological polar surface area (TPSA) is 36.0 Å². The molecule has 1 amide bonds. The van der Waals surface area contributed by atoms with Crippen LogP contribution in [-0.2, 0) is 11.2 Å². The van der Waals surface area contributed by atoms with E-state index < -0.39 is 0 Å². The number of carbonyl (C=O) groups is 1. The fraction of sp³-hybridized carbons (Fsp3) is 0.480. The number of piperazine rings is 1. The molecule has 0 aliphatic carbocycles. The molecule has 30 heavy (non-hydrogen) atoms. The predicted molar refractivity (Wildman–Crippen MR) is 123 cm³/mol. The maximum Gasteiger partial charge on any atom is 0.226 e. The van der Waals surface area contributed by atoms with Gasteiger partial charge in [-0.3, -0.25) is 9.69 Å². The molecule has 5 nitrogen and oxygen atoms in total. The zero-order chi connectivity index (χ0) is 21.3. The van der Waals surface area contributed by atoms with E-state index in [9.17, 15) is 4.79 Å². The molecule has 2 aromatic carbocycles. The van der Waals surface area contributed by atoms with Crippen LogP contribution < -0.4 is 9.64 Å². The second kappa shape index (κ2) is 11.1. The number of hydrogen-bond acceptors (Lipinski definition) is 4. The Bertz CT molecular complexity index is 771. The van der Waals surface area contributed by atoms with Gasteiger partial charge in [0.15, 0.2) is 0 Å². The van der Waals surface area contributed by atoms with E-state index in [0.717, 1.165) is 57.1 Å². The number of carbonyl (C=O) groups excluding carboxylic acids is 1. The molecule has 1 fully saturated rings. The molecule has 1 aliphatic heterocycles. The Morgan fingerprint density at radius 1 is 1.00 bits per heavy atom. The highest BCUT2D eigenvalue weighted by Gasteiger charge is 2.25. The van der Waals surface area contributed by atoms with Crippen LogP contribution in [0, 0.1) is 0 Å². The van der Waals surface area contributed by atoms with Crippen LogP contribution in [0.1, 0.15) is 25.8 Å². The van der Waals surface area contributed by atoms with Crippen molar-refractivity contribution >= 4 is 11.6 Å². The minimum Gasteiger partial charge on any atom is -0.497 e. The van der Waals surface area contributed by atoms with Gasteiger partial charge < -0.3 is 14.5 Å². The highest BCUT2D eigenvalue weighted by Crippen LogP contribution is 2.23. The van der Waals surface area contributed by atoms with Crippen LogP contribution in [0.5, 0.6) is 5.75 Å². The van der Waals surface area contributed by atoms with Crippen molar-refractivity contribution in [3.8, 4) is 5.75 Å². The van der Waals surface area contributed by atoms with Gasteiger partial charge in [-0.05, 0) is 43.2 Å². The summed E-state index contributed by atoms with van der Waals surface area (Å²) in [4.78, 5) is 19.7. The number of nitrogens with zero attached hydrogens (tertiary/aromatic N) is 3. The van der Waals surface area contributed by atoms with E-state index in [0.29, 0.717) is 6.42 Å². The molecular weight excluding hydrogens is 374 g/mol. The van der Waals surface area contributed by atoms with Gasteiger partial charge in [0.2, 0.25) is 5.91 Å². The summed E-state index contributed by atoms with van der Waals surface area (Å²) >= 11 is 0. The standard InChI is InChI=1S/C25H35N3O2/c1-4-25(29)28(23-10-12-24(30-3)13-11-23)21(2)20-27-18-16-26(17-19-27)15-14-22-8-6-5-7-9-22/h5-13,21H,4,14-20H2,1-3H3. The van der Waals surface area contributed by atoms with Gasteiger partial charge in [-0.2, -0.15) is 0 Å². The normalized spacial score (nSPS) is 16.2. The molecule has 0 spiro atoms. The van der Waals surface area contributed by atoms with E-state index in [-0.39, 0.29) is 11.9 Å². The first-order chi connectivity index (χ1) is 14.6. The van der Waals surface area contributed by atoms with E-state index >= 15 is 0 Å².